The predicted molar refractivity (Wildman–Crippen MR) is 101 cm³/mol. The van der Waals surface area contributed by atoms with E-state index in [9.17, 15) is 9.59 Å². The van der Waals surface area contributed by atoms with Crippen LogP contribution in [-0.2, 0) is 9.47 Å². The number of fused-ring (bicyclic) bond motifs is 1. The molecule has 0 saturated carbocycles. The molecule has 0 fully saturated rings. The van der Waals surface area contributed by atoms with E-state index in [0.717, 1.165) is 8.60 Å². The first-order valence-corrected chi connectivity index (χ1v) is 8.70. The van der Waals surface area contributed by atoms with E-state index in [0.29, 0.717) is 5.65 Å². The van der Waals surface area contributed by atoms with E-state index in [1.165, 1.54) is 6.20 Å². The molecule has 136 valence electrons. The second-order valence-electron chi connectivity index (χ2n) is 7.32. The Balaban J connectivity index is 2.53. The van der Waals surface area contributed by atoms with Crippen LogP contribution in [0.5, 0.6) is 0 Å². The fraction of sp³-hybridized carbons (Fsp3) is 0.500. The van der Waals surface area contributed by atoms with Crippen molar-refractivity contribution in [3.8, 4) is 0 Å². The zero-order chi connectivity index (χ0) is 19.0. The molecule has 0 N–H and O–H groups in total. The molecule has 0 aliphatic heterocycles. The van der Waals surface area contributed by atoms with Gasteiger partial charge in [0.25, 0.3) is 0 Å². The molecular weight excluding hydrogens is 439 g/mol. The van der Waals surface area contributed by atoms with E-state index in [1.54, 1.807) is 58.3 Å². The average Bonchev–Trinajstić information content (AvgIpc) is 2.77. The number of imide groups is 1. The van der Waals surface area contributed by atoms with Crippen molar-refractivity contribution in [1.29, 1.82) is 0 Å². The molecule has 2 amide bonds. The highest BCUT2D eigenvalue weighted by Gasteiger charge is 2.35. The van der Waals surface area contributed by atoms with Crippen LogP contribution in [0.1, 0.15) is 41.5 Å². The minimum atomic E-state index is -0.875. The van der Waals surface area contributed by atoms with Crippen molar-refractivity contribution < 1.29 is 19.1 Å². The zero-order valence-electron chi connectivity index (χ0n) is 15.0. The first-order chi connectivity index (χ1) is 11.4. The van der Waals surface area contributed by atoms with Gasteiger partial charge in [-0.05, 0) is 64.1 Å². The Morgan fingerprint density at radius 2 is 1.56 bits per heavy atom. The Morgan fingerprint density at radius 1 is 1.04 bits per heavy atom. The summed E-state index contributed by atoms with van der Waals surface area (Å²) < 4.78 is 13.2. The molecule has 0 bridgehead atoms. The fourth-order valence-electron chi connectivity index (χ4n) is 1.90. The molecule has 9 heteroatoms. The third kappa shape index (κ3) is 4.80. The molecule has 0 aliphatic rings. The van der Waals surface area contributed by atoms with E-state index in [-0.39, 0.29) is 5.82 Å². The normalized spacial score (nSPS) is 12.1. The number of anilines is 1. The first kappa shape index (κ1) is 19.4. The second-order valence-corrected chi connectivity index (χ2v) is 8.43. The van der Waals surface area contributed by atoms with Crippen molar-refractivity contribution >= 4 is 46.2 Å². The van der Waals surface area contributed by atoms with Gasteiger partial charge in [-0.15, -0.1) is 0 Å². The highest BCUT2D eigenvalue weighted by atomic mass is 127. The Morgan fingerprint density at radius 3 is 2.04 bits per heavy atom. The summed E-state index contributed by atoms with van der Waals surface area (Å²) in [5, 5.41) is 0. The van der Waals surface area contributed by atoms with Gasteiger partial charge >= 0.3 is 12.2 Å². The monoisotopic (exact) mass is 460 g/mol. The van der Waals surface area contributed by atoms with Gasteiger partial charge in [0.2, 0.25) is 0 Å². The van der Waals surface area contributed by atoms with Gasteiger partial charge in [0.15, 0.2) is 11.5 Å². The van der Waals surface area contributed by atoms with Crippen LogP contribution in [0.25, 0.3) is 5.65 Å². The quantitative estimate of drug-likeness (QED) is 0.598. The van der Waals surface area contributed by atoms with Crippen molar-refractivity contribution in [2.24, 2.45) is 0 Å². The number of amides is 2. The number of hydrogen-bond acceptors (Lipinski definition) is 6. The highest BCUT2D eigenvalue weighted by Crippen LogP contribution is 2.24. The Labute approximate surface area is 159 Å². The predicted octanol–water partition coefficient (Wildman–Crippen LogP) is 4.01. The summed E-state index contributed by atoms with van der Waals surface area (Å²) >= 11 is 2.09. The molecule has 0 aromatic carbocycles. The van der Waals surface area contributed by atoms with Crippen LogP contribution in [0.2, 0.25) is 0 Å². The highest BCUT2D eigenvalue weighted by molar-refractivity contribution is 14.1. The SMILES string of the molecule is CC(C)(C)OC(=O)N(C(=O)OC(C)(C)C)c1nccn2c(I)cnc12. The van der Waals surface area contributed by atoms with Crippen LogP contribution in [0.3, 0.4) is 0 Å². The third-order valence-electron chi connectivity index (χ3n) is 2.73. The Hall–Kier alpha value is -1.91. The van der Waals surface area contributed by atoms with Gasteiger partial charge in [0, 0.05) is 12.4 Å². The van der Waals surface area contributed by atoms with Gasteiger partial charge in [-0.3, -0.25) is 4.40 Å². The lowest BCUT2D eigenvalue weighted by molar-refractivity contribution is 0.0429. The molecule has 0 radical (unpaired) electrons. The van der Waals surface area contributed by atoms with Gasteiger partial charge in [-0.2, -0.15) is 4.90 Å². The number of hydrogen-bond donors (Lipinski definition) is 0. The first-order valence-electron chi connectivity index (χ1n) is 7.63. The van der Waals surface area contributed by atoms with Crippen molar-refractivity contribution in [1.82, 2.24) is 14.4 Å². The lowest BCUT2D eigenvalue weighted by Gasteiger charge is -2.28. The van der Waals surface area contributed by atoms with Crippen LogP contribution in [-0.4, -0.2) is 37.8 Å². The summed E-state index contributed by atoms with van der Waals surface area (Å²) in [7, 11) is 0. The molecule has 2 aromatic heterocycles. The Kier molecular flexibility index (Phi) is 5.26. The summed E-state index contributed by atoms with van der Waals surface area (Å²) in [6, 6.07) is 0. The van der Waals surface area contributed by atoms with Crippen LogP contribution in [0.15, 0.2) is 18.6 Å². The van der Waals surface area contributed by atoms with Crippen molar-refractivity contribution in [2.45, 2.75) is 52.7 Å². The summed E-state index contributed by atoms with van der Waals surface area (Å²) in [6.45, 7) is 10.3. The number of aromatic nitrogens is 3. The van der Waals surface area contributed by atoms with Crippen LogP contribution >= 0.6 is 22.6 Å². The molecule has 2 aromatic rings. The molecule has 2 rings (SSSR count). The summed E-state index contributed by atoms with van der Waals surface area (Å²) in [4.78, 5) is 34.5. The van der Waals surface area contributed by atoms with Crippen LogP contribution in [0.4, 0.5) is 15.4 Å². The number of rotatable bonds is 1. The summed E-state index contributed by atoms with van der Waals surface area (Å²) in [5.41, 5.74) is -1.22. The van der Waals surface area contributed by atoms with Crippen molar-refractivity contribution in [3.63, 3.8) is 0 Å². The molecule has 0 spiro atoms. The zero-order valence-corrected chi connectivity index (χ0v) is 17.2. The second kappa shape index (κ2) is 6.77. The number of ether oxygens (including phenoxy) is 2. The van der Waals surface area contributed by atoms with E-state index in [1.807, 2.05) is 0 Å². The van der Waals surface area contributed by atoms with Crippen molar-refractivity contribution in [2.75, 3.05) is 4.90 Å². The minimum absolute atomic E-state index is 0.0499. The molecule has 8 nitrogen and oxygen atoms in total. The van der Waals surface area contributed by atoms with E-state index >= 15 is 0 Å². The number of carbonyl (C=O) groups excluding carboxylic acids is 2. The summed E-state index contributed by atoms with van der Waals surface area (Å²) in [5.74, 6) is 0.0499. The summed E-state index contributed by atoms with van der Waals surface area (Å²) in [6.07, 6.45) is 3.04. The van der Waals surface area contributed by atoms with Gasteiger partial charge in [0.1, 0.15) is 14.9 Å². The molecule has 0 atom stereocenters. The maximum absolute atomic E-state index is 12.7. The number of carbonyl (C=O) groups is 2. The molecule has 25 heavy (non-hydrogen) atoms. The molecule has 0 saturated heterocycles. The smallest absolute Gasteiger partial charge is 0.425 e. The third-order valence-corrected chi connectivity index (χ3v) is 3.53. The number of imidazole rings is 1. The topological polar surface area (TPSA) is 86.0 Å². The molecular formula is C16H21IN4O4. The lowest BCUT2D eigenvalue weighted by atomic mass is 10.2. The van der Waals surface area contributed by atoms with Gasteiger partial charge in [0.05, 0.1) is 6.20 Å². The Bertz CT molecular complexity index is 777. The van der Waals surface area contributed by atoms with Gasteiger partial charge < -0.3 is 9.47 Å². The largest absolute Gasteiger partial charge is 0.443 e. The number of nitrogens with zero attached hydrogens (tertiary/aromatic N) is 4. The van der Waals surface area contributed by atoms with Gasteiger partial charge in [-0.25, -0.2) is 19.6 Å². The average molecular weight is 460 g/mol. The van der Waals surface area contributed by atoms with E-state index in [4.69, 9.17) is 9.47 Å². The molecule has 0 aliphatic carbocycles. The molecule has 0 unspecified atom stereocenters. The maximum Gasteiger partial charge on any atom is 0.425 e. The van der Waals surface area contributed by atoms with Crippen LogP contribution < -0.4 is 4.90 Å². The molecule has 2 heterocycles. The van der Waals surface area contributed by atoms with Gasteiger partial charge in [-0.1, -0.05) is 0 Å². The minimum Gasteiger partial charge on any atom is -0.443 e. The standard InChI is InChI=1S/C16H21IN4O4/c1-15(2,3)24-13(22)21(14(23)25-16(4,5)6)12-11-19-9-10(17)20(11)8-7-18-12/h7-9H,1-6H3. The van der Waals surface area contributed by atoms with Crippen molar-refractivity contribution in [3.05, 3.63) is 22.3 Å². The number of halogens is 1. The maximum atomic E-state index is 12.7. The lowest BCUT2D eigenvalue weighted by Crippen LogP contribution is -2.44. The van der Waals surface area contributed by atoms with Crippen LogP contribution in [0, 0.1) is 3.70 Å². The van der Waals surface area contributed by atoms with E-state index < -0.39 is 23.4 Å². The fourth-order valence-corrected chi connectivity index (χ4v) is 2.42. The van der Waals surface area contributed by atoms with E-state index in [2.05, 4.69) is 32.6 Å².